The lowest BCUT2D eigenvalue weighted by Gasteiger charge is -2.13. The van der Waals surface area contributed by atoms with Gasteiger partial charge in [0.15, 0.2) is 0 Å². The van der Waals surface area contributed by atoms with Gasteiger partial charge in [0.2, 0.25) is 5.24 Å². The Hall–Kier alpha value is -1.09. The second-order valence-electron chi connectivity index (χ2n) is 4.29. The zero-order valence-corrected chi connectivity index (χ0v) is 11.3. The lowest BCUT2D eigenvalue weighted by atomic mass is 10.1. The third-order valence-electron chi connectivity index (χ3n) is 2.88. The van der Waals surface area contributed by atoms with Crippen LogP contribution in [0.5, 0.6) is 0 Å². The zero-order chi connectivity index (χ0) is 13.0. The van der Waals surface area contributed by atoms with Crippen LogP contribution >= 0.6 is 11.6 Å². The Morgan fingerprint density at radius 1 is 1.41 bits per heavy atom. The number of carbonyl (C=O) groups is 1. The summed E-state index contributed by atoms with van der Waals surface area (Å²) in [6, 6.07) is 1.94. The van der Waals surface area contributed by atoms with Crippen molar-refractivity contribution in [2.45, 2.75) is 46.6 Å². The summed E-state index contributed by atoms with van der Waals surface area (Å²) in [7, 11) is 0. The van der Waals surface area contributed by atoms with Gasteiger partial charge in [-0.25, -0.2) is 0 Å². The molecule has 0 bridgehead atoms. The van der Waals surface area contributed by atoms with Crippen molar-refractivity contribution in [3.63, 3.8) is 0 Å². The predicted molar refractivity (Wildman–Crippen MR) is 69.6 cm³/mol. The van der Waals surface area contributed by atoms with Crippen molar-refractivity contribution in [2.24, 2.45) is 0 Å². The Bertz CT molecular complexity index is 477. The van der Waals surface area contributed by atoms with Gasteiger partial charge in [-0.05, 0) is 43.5 Å². The average molecular weight is 256 g/mol. The maximum atomic E-state index is 12.2. The summed E-state index contributed by atoms with van der Waals surface area (Å²) >= 11 is 5.37. The molecule has 1 rings (SSSR count). The molecule has 0 spiro atoms. The number of nitrogens with zero attached hydrogens (tertiary/aromatic N) is 1. The minimum atomic E-state index is -0.490. The van der Waals surface area contributed by atoms with E-state index < -0.39 is 5.24 Å². The van der Waals surface area contributed by atoms with Crippen LogP contribution in [0.15, 0.2) is 10.9 Å². The SMILES string of the molecule is CCCCn1c(C)cc(C)c(CC(=O)Cl)c1=O. The summed E-state index contributed by atoms with van der Waals surface area (Å²) in [6.07, 6.45) is 2.00. The van der Waals surface area contributed by atoms with Gasteiger partial charge in [-0.15, -0.1) is 0 Å². The first-order chi connectivity index (χ1) is 7.97. The third kappa shape index (κ3) is 3.43. The summed E-state index contributed by atoms with van der Waals surface area (Å²) in [6.45, 7) is 6.53. The van der Waals surface area contributed by atoms with Crippen LogP contribution in [0, 0.1) is 13.8 Å². The third-order valence-corrected chi connectivity index (χ3v) is 3.02. The van der Waals surface area contributed by atoms with E-state index in [9.17, 15) is 9.59 Å². The molecule has 0 fully saturated rings. The van der Waals surface area contributed by atoms with Gasteiger partial charge in [0.05, 0.1) is 6.42 Å². The molecule has 0 radical (unpaired) electrons. The Labute approximate surface area is 106 Å². The minimum Gasteiger partial charge on any atom is -0.313 e. The number of carbonyl (C=O) groups excluding carboxylic acids is 1. The van der Waals surface area contributed by atoms with Gasteiger partial charge in [-0.2, -0.15) is 0 Å². The molecule has 1 aromatic heterocycles. The monoisotopic (exact) mass is 255 g/mol. The Kier molecular flexibility index (Phi) is 4.94. The maximum absolute atomic E-state index is 12.2. The predicted octanol–water partition coefficient (Wildman–Crippen LogP) is 2.57. The van der Waals surface area contributed by atoms with E-state index >= 15 is 0 Å². The smallest absolute Gasteiger partial charge is 0.254 e. The highest BCUT2D eigenvalue weighted by Crippen LogP contribution is 2.09. The first-order valence-electron chi connectivity index (χ1n) is 5.85. The molecule has 3 nitrogen and oxygen atoms in total. The number of pyridine rings is 1. The first kappa shape index (κ1) is 14.0. The van der Waals surface area contributed by atoms with E-state index in [-0.39, 0.29) is 12.0 Å². The van der Waals surface area contributed by atoms with Gasteiger partial charge in [0, 0.05) is 17.8 Å². The molecule has 0 aromatic carbocycles. The second-order valence-corrected chi connectivity index (χ2v) is 4.71. The van der Waals surface area contributed by atoms with E-state index in [1.165, 1.54) is 0 Å². The van der Waals surface area contributed by atoms with E-state index in [1.807, 2.05) is 19.9 Å². The number of hydrogen-bond acceptors (Lipinski definition) is 2. The highest BCUT2D eigenvalue weighted by Gasteiger charge is 2.12. The van der Waals surface area contributed by atoms with Gasteiger partial charge in [-0.3, -0.25) is 9.59 Å². The summed E-state index contributed by atoms with van der Waals surface area (Å²) in [4.78, 5) is 23.1. The normalized spacial score (nSPS) is 10.6. The first-order valence-corrected chi connectivity index (χ1v) is 6.23. The van der Waals surface area contributed by atoms with Crippen LogP contribution in [0.3, 0.4) is 0 Å². The van der Waals surface area contributed by atoms with Crippen molar-refractivity contribution < 1.29 is 4.79 Å². The fraction of sp³-hybridized carbons (Fsp3) is 0.538. The van der Waals surface area contributed by atoms with Crippen molar-refractivity contribution in [3.8, 4) is 0 Å². The number of unbranched alkanes of at least 4 members (excludes halogenated alkanes) is 1. The lowest BCUT2D eigenvalue weighted by Crippen LogP contribution is -2.27. The number of rotatable bonds is 5. The largest absolute Gasteiger partial charge is 0.313 e. The zero-order valence-electron chi connectivity index (χ0n) is 10.5. The molecule has 0 atom stereocenters. The van der Waals surface area contributed by atoms with Crippen LogP contribution in [0.1, 0.15) is 36.6 Å². The number of aryl methyl sites for hydroxylation is 2. The molecule has 0 aliphatic heterocycles. The number of hydrogen-bond donors (Lipinski definition) is 0. The van der Waals surface area contributed by atoms with Crippen molar-refractivity contribution >= 4 is 16.8 Å². The molecular formula is C13H18ClNO2. The molecule has 94 valence electrons. The topological polar surface area (TPSA) is 39.1 Å². The second kappa shape index (κ2) is 6.01. The quantitative estimate of drug-likeness (QED) is 0.759. The molecule has 17 heavy (non-hydrogen) atoms. The summed E-state index contributed by atoms with van der Waals surface area (Å²) in [5, 5.41) is -0.490. The molecule has 0 aliphatic rings. The van der Waals surface area contributed by atoms with E-state index in [1.54, 1.807) is 4.57 Å². The maximum Gasteiger partial charge on any atom is 0.254 e. The van der Waals surface area contributed by atoms with Crippen LogP contribution in [0.4, 0.5) is 0 Å². The van der Waals surface area contributed by atoms with Gasteiger partial charge < -0.3 is 4.57 Å². The van der Waals surface area contributed by atoms with Crippen molar-refractivity contribution in [3.05, 3.63) is 33.2 Å². The van der Waals surface area contributed by atoms with Crippen LogP contribution in [0.2, 0.25) is 0 Å². The molecule has 0 N–H and O–H groups in total. The molecule has 4 heteroatoms. The Balaban J connectivity index is 3.22. The fourth-order valence-electron chi connectivity index (χ4n) is 1.92. The molecule has 1 heterocycles. The standard InChI is InChI=1S/C13H18ClNO2/c1-4-5-6-15-10(3)7-9(2)11(13(15)17)8-12(14)16/h7H,4-6,8H2,1-3H3. The molecule has 0 saturated carbocycles. The molecular weight excluding hydrogens is 238 g/mol. The lowest BCUT2D eigenvalue weighted by molar-refractivity contribution is -0.111. The van der Waals surface area contributed by atoms with Gasteiger partial charge in [0.1, 0.15) is 0 Å². The van der Waals surface area contributed by atoms with Crippen LogP contribution < -0.4 is 5.56 Å². The van der Waals surface area contributed by atoms with Crippen molar-refractivity contribution in [1.82, 2.24) is 4.57 Å². The molecule has 1 aromatic rings. The number of halogens is 1. The van der Waals surface area contributed by atoms with E-state index in [0.717, 1.165) is 24.1 Å². The van der Waals surface area contributed by atoms with Gasteiger partial charge in [-0.1, -0.05) is 13.3 Å². The molecule has 0 unspecified atom stereocenters. The Morgan fingerprint density at radius 3 is 2.59 bits per heavy atom. The molecule has 0 aliphatic carbocycles. The Morgan fingerprint density at radius 2 is 2.06 bits per heavy atom. The van der Waals surface area contributed by atoms with Crippen LogP contribution in [0.25, 0.3) is 0 Å². The minimum absolute atomic E-state index is 0.0125. The summed E-state index contributed by atoms with van der Waals surface area (Å²) < 4.78 is 1.73. The van der Waals surface area contributed by atoms with Crippen LogP contribution in [-0.2, 0) is 17.8 Å². The van der Waals surface area contributed by atoms with E-state index in [0.29, 0.717) is 12.1 Å². The molecule has 0 saturated heterocycles. The van der Waals surface area contributed by atoms with Crippen molar-refractivity contribution in [1.29, 1.82) is 0 Å². The van der Waals surface area contributed by atoms with Crippen LogP contribution in [-0.4, -0.2) is 9.81 Å². The van der Waals surface area contributed by atoms with Gasteiger partial charge in [0.25, 0.3) is 5.56 Å². The van der Waals surface area contributed by atoms with E-state index in [2.05, 4.69) is 6.92 Å². The fourth-order valence-corrected chi connectivity index (χ4v) is 2.05. The number of aromatic nitrogens is 1. The highest BCUT2D eigenvalue weighted by atomic mass is 35.5. The molecule has 0 amide bonds. The summed E-state index contributed by atoms with van der Waals surface area (Å²) in [5.74, 6) is 0. The summed E-state index contributed by atoms with van der Waals surface area (Å²) in [5.41, 5.74) is 2.22. The highest BCUT2D eigenvalue weighted by molar-refractivity contribution is 6.63. The average Bonchev–Trinajstić information content (AvgIpc) is 2.23. The van der Waals surface area contributed by atoms with Crippen molar-refractivity contribution in [2.75, 3.05) is 0 Å². The van der Waals surface area contributed by atoms with E-state index in [4.69, 9.17) is 11.6 Å². The van der Waals surface area contributed by atoms with Gasteiger partial charge >= 0.3 is 0 Å².